The number of aromatic nitrogens is 5. The van der Waals surface area contributed by atoms with E-state index in [1.54, 1.807) is 12.3 Å². The van der Waals surface area contributed by atoms with E-state index in [2.05, 4.69) is 25.8 Å². The van der Waals surface area contributed by atoms with Crippen molar-refractivity contribution in [1.29, 1.82) is 0 Å². The summed E-state index contributed by atoms with van der Waals surface area (Å²) in [6.07, 6.45) is 1.56. The Bertz CT molecular complexity index is 652. The van der Waals surface area contributed by atoms with E-state index in [0.717, 1.165) is 16.4 Å². The summed E-state index contributed by atoms with van der Waals surface area (Å²) in [5.74, 6) is -2.30. The van der Waals surface area contributed by atoms with Crippen LogP contribution < -0.4 is 5.32 Å². The molecule has 110 valence electrons. The highest BCUT2D eigenvalue weighted by molar-refractivity contribution is 7.99. The largest absolute Gasteiger partial charge is 0.480 e. The van der Waals surface area contributed by atoms with Gasteiger partial charge in [-0.3, -0.25) is 19.7 Å². The molecule has 0 atom stereocenters. The topological polar surface area (TPSA) is 143 Å². The first-order chi connectivity index (χ1) is 10.1. The highest BCUT2D eigenvalue weighted by Gasteiger charge is 2.14. The van der Waals surface area contributed by atoms with Gasteiger partial charge in [-0.25, -0.2) is 4.68 Å². The first-order valence-corrected chi connectivity index (χ1v) is 6.63. The smallest absolute Gasteiger partial charge is 0.325 e. The molecule has 21 heavy (non-hydrogen) atoms. The molecule has 2 aromatic heterocycles. The van der Waals surface area contributed by atoms with Crippen molar-refractivity contribution in [3.63, 3.8) is 0 Å². The number of amides is 2. The van der Waals surface area contributed by atoms with E-state index in [1.165, 1.54) is 6.07 Å². The van der Waals surface area contributed by atoms with Crippen LogP contribution in [0.4, 0.5) is 0 Å². The van der Waals surface area contributed by atoms with Crippen molar-refractivity contribution >= 4 is 29.5 Å². The van der Waals surface area contributed by atoms with E-state index in [4.69, 9.17) is 5.11 Å². The minimum atomic E-state index is -1.10. The Kier molecular flexibility index (Phi) is 4.66. The zero-order valence-electron chi connectivity index (χ0n) is 10.5. The summed E-state index contributed by atoms with van der Waals surface area (Å²) in [4.78, 5) is 36.5. The number of aromatic amines is 1. The predicted octanol–water partition coefficient (Wildman–Crippen LogP) is -0.865. The summed E-state index contributed by atoms with van der Waals surface area (Å²) in [6.45, 7) is -0.404. The minimum absolute atomic E-state index is 0.119. The zero-order chi connectivity index (χ0) is 15.2. The number of aliphatic carboxylic acids is 1. The second-order valence-electron chi connectivity index (χ2n) is 3.76. The van der Waals surface area contributed by atoms with E-state index >= 15 is 0 Å². The highest BCUT2D eigenvalue weighted by atomic mass is 32.2. The molecular formula is C10H10N6O4S. The van der Waals surface area contributed by atoms with E-state index in [-0.39, 0.29) is 16.6 Å². The van der Waals surface area contributed by atoms with E-state index in [0.29, 0.717) is 0 Å². The maximum atomic E-state index is 11.6. The number of H-pyrrole nitrogens is 1. The number of carbonyl (C=O) groups is 3. The van der Waals surface area contributed by atoms with Gasteiger partial charge in [-0.15, -0.1) is 5.10 Å². The van der Waals surface area contributed by atoms with Crippen LogP contribution in [0.1, 0.15) is 10.5 Å². The normalized spacial score (nSPS) is 10.3. The molecule has 0 saturated carbocycles. The van der Waals surface area contributed by atoms with Crippen molar-refractivity contribution in [3.8, 4) is 0 Å². The van der Waals surface area contributed by atoms with Crippen molar-refractivity contribution in [2.45, 2.75) is 11.7 Å². The van der Waals surface area contributed by atoms with Gasteiger partial charge in [0.15, 0.2) is 0 Å². The quantitative estimate of drug-likeness (QED) is 0.584. The third-order valence-corrected chi connectivity index (χ3v) is 3.17. The lowest BCUT2D eigenvalue weighted by molar-refractivity contribution is -0.138. The van der Waals surface area contributed by atoms with Gasteiger partial charge in [0.25, 0.3) is 5.91 Å². The van der Waals surface area contributed by atoms with Crippen molar-refractivity contribution in [3.05, 3.63) is 24.0 Å². The van der Waals surface area contributed by atoms with Crippen LogP contribution in [-0.2, 0) is 16.1 Å². The Morgan fingerprint density at radius 2 is 2.24 bits per heavy atom. The van der Waals surface area contributed by atoms with Crippen LogP contribution in [0.25, 0.3) is 0 Å². The molecule has 2 heterocycles. The number of carbonyl (C=O) groups excluding carboxylic acids is 2. The van der Waals surface area contributed by atoms with Gasteiger partial charge in [0.2, 0.25) is 11.1 Å². The van der Waals surface area contributed by atoms with Crippen LogP contribution in [0.5, 0.6) is 0 Å². The molecule has 2 amide bonds. The molecule has 0 fully saturated rings. The van der Waals surface area contributed by atoms with Crippen LogP contribution in [0.3, 0.4) is 0 Å². The van der Waals surface area contributed by atoms with Gasteiger partial charge in [-0.05, 0) is 22.6 Å². The van der Waals surface area contributed by atoms with Crippen LogP contribution >= 0.6 is 11.8 Å². The molecule has 2 aromatic rings. The molecule has 0 bridgehead atoms. The van der Waals surface area contributed by atoms with Crippen LogP contribution in [-0.4, -0.2) is 53.8 Å². The molecule has 0 unspecified atom stereocenters. The lowest BCUT2D eigenvalue weighted by Gasteiger charge is -2.03. The third kappa shape index (κ3) is 4.14. The fraction of sp³-hybridized carbons (Fsp3) is 0.200. The molecule has 0 aliphatic rings. The van der Waals surface area contributed by atoms with E-state index < -0.39 is 24.3 Å². The molecule has 11 heteroatoms. The van der Waals surface area contributed by atoms with Crippen molar-refractivity contribution in [2.75, 3.05) is 5.75 Å². The summed E-state index contributed by atoms with van der Waals surface area (Å²) in [7, 11) is 0. The Morgan fingerprint density at radius 3 is 2.90 bits per heavy atom. The third-order valence-electron chi connectivity index (χ3n) is 2.21. The lowest BCUT2D eigenvalue weighted by atomic mass is 10.4. The SMILES string of the molecule is O=C(O)Cn1nnnc1SCC(=O)NC(=O)c1ccc[nH]1. The fourth-order valence-electron chi connectivity index (χ4n) is 1.36. The molecule has 0 aromatic carbocycles. The molecule has 0 saturated heterocycles. The molecule has 2 rings (SSSR count). The monoisotopic (exact) mass is 310 g/mol. The number of imide groups is 1. The number of rotatable bonds is 6. The number of nitrogens with one attached hydrogen (secondary N) is 2. The summed E-state index contributed by atoms with van der Waals surface area (Å²) in [6, 6.07) is 3.16. The highest BCUT2D eigenvalue weighted by Crippen LogP contribution is 2.12. The average Bonchev–Trinajstić information content (AvgIpc) is 3.06. The Hall–Kier alpha value is -2.69. The summed E-state index contributed by atoms with van der Waals surface area (Å²) in [5, 5.41) is 21.4. The number of hydrogen-bond acceptors (Lipinski definition) is 7. The molecule has 0 aliphatic carbocycles. The first-order valence-electron chi connectivity index (χ1n) is 5.64. The number of thioether (sulfide) groups is 1. The van der Waals surface area contributed by atoms with Crippen LogP contribution in [0.2, 0.25) is 0 Å². The van der Waals surface area contributed by atoms with Gasteiger partial charge in [0.05, 0.1) is 5.75 Å². The molecule has 10 nitrogen and oxygen atoms in total. The fourth-order valence-corrected chi connectivity index (χ4v) is 2.04. The van der Waals surface area contributed by atoms with E-state index in [9.17, 15) is 14.4 Å². The molecule has 0 spiro atoms. The predicted molar refractivity (Wildman–Crippen MR) is 69.4 cm³/mol. The first kappa shape index (κ1) is 14.7. The van der Waals surface area contributed by atoms with Gasteiger partial charge in [0, 0.05) is 6.20 Å². The maximum Gasteiger partial charge on any atom is 0.325 e. The Labute approximate surface area is 121 Å². The van der Waals surface area contributed by atoms with Gasteiger partial charge in [0.1, 0.15) is 12.2 Å². The Balaban J connectivity index is 1.85. The summed E-state index contributed by atoms with van der Waals surface area (Å²) >= 11 is 0.932. The standard InChI is InChI=1S/C10H10N6O4S/c17-7(12-9(20)6-2-1-3-11-6)5-21-10-13-14-15-16(10)4-8(18)19/h1-3,11H,4-5H2,(H,18,19)(H,12,17,20). The number of carboxylic acids is 1. The molecule has 0 aliphatic heterocycles. The number of tetrazole rings is 1. The van der Waals surface area contributed by atoms with Gasteiger partial charge < -0.3 is 10.1 Å². The lowest BCUT2D eigenvalue weighted by Crippen LogP contribution is -2.32. The number of carboxylic acid groups (broad SMARTS) is 1. The molecule has 0 radical (unpaired) electrons. The maximum absolute atomic E-state index is 11.6. The second-order valence-corrected chi connectivity index (χ2v) is 4.71. The van der Waals surface area contributed by atoms with Crippen molar-refractivity contribution in [1.82, 2.24) is 30.5 Å². The Morgan fingerprint density at radius 1 is 1.43 bits per heavy atom. The zero-order valence-corrected chi connectivity index (χ0v) is 11.3. The van der Waals surface area contributed by atoms with Gasteiger partial charge in [-0.2, -0.15) is 0 Å². The number of nitrogens with zero attached hydrogens (tertiary/aromatic N) is 4. The van der Waals surface area contributed by atoms with E-state index in [1.807, 2.05) is 0 Å². The minimum Gasteiger partial charge on any atom is -0.480 e. The van der Waals surface area contributed by atoms with Crippen molar-refractivity contribution in [2.24, 2.45) is 0 Å². The number of hydrogen-bond donors (Lipinski definition) is 3. The summed E-state index contributed by atoms with van der Waals surface area (Å²) in [5.41, 5.74) is 0.268. The second kappa shape index (κ2) is 6.65. The summed E-state index contributed by atoms with van der Waals surface area (Å²) < 4.78 is 1.05. The average molecular weight is 310 g/mol. The van der Waals surface area contributed by atoms with Crippen molar-refractivity contribution < 1.29 is 19.5 Å². The van der Waals surface area contributed by atoms with Gasteiger partial charge in [-0.1, -0.05) is 11.8 Å². The van der Waals surface area contributed by atoms with Crippen LogP contribution in [0, 0.1) is 0 Å². The van der Waals surface area contributed by atoms with Gasteiger partial charge >= 0.3 is 5.97 Å². The van der Waals surface area contributed by atoms with Crippen LogP contribution in [0.15, 0.2) is 23.5 Å². The molecule has 3 N–H and O–H groups in total. The molecular weight excluding hydrogens is 300 g/mol.